The highest BCUT2D eigenvalue weighted by molar-refractivity contribution is 5.85. The van der Waals surface area contributed by atoms with Crippen molar-refractivity contribution in [3.05, 3.63) is 48.0 Å². The Kier molecular flexibility index (Phi) is 5.28. The topological polar surface area (TPSA) is 72.2 Å². The number of carbonyl (C=O) groups excluding carboxylic acids is 2. The molecule has 2 atom stereocenters. The van der Waals surface area contributed by atoms with Gasteiger partial charge in [0, 0.05) is 0 Å². The van der Waals surface area contributed by atoms with Crippen LogP contribution in [0.25, 0.3) is 10.8 Å². The third-order valence-electron chi connectivity index (χ3n) is 3.78. The van der Waals surface area contributed by atoms with Gasteiger partial charge in [0.15, 0.2) is 0 Å². The van der Waals surface area contributed by atoms with Gasteiger partial charge in [-0.15, -0.1) is 0 Å². The van der Waals surface area contributed by atoms with Crippen LogP contribution in [0.1, 0.15) is 19.4 Å². The van der Waals surface area contributed by atoms with Crippen LogP contribution in [0.2, 0.25) is 0 Å². The van der Waals surface area contributed by atoms with Crippen molar-refractivity contribution in [1.82, 2.24) is 5.32 Å². The van der Waals surface area contributed by atoms with Gasteiger partial charge in [-0.25, -0.2) is 0 Å². The summed E-state index contributed by atoms with van der Waals surface area (Å²) in [5.74, 6) is -0.249. The summed E-state index contributed by atoms with van der Waals surface area (Å²) < 4.78 is 0. The van der Waals surface area contributed by atoms with Gasteiger partial charge in [-0.2, -0.15) is 0 Å². The molecule has 4 heteroatoms. The van der Waals surface area contributed by atoms with Gasteiger partial charge < -0.3 is 15.8 Å². The summed E-state index contributed by atoms with van der Waals surface area (Å²) >= 11 is 0. The minimum absolute atomic E-state index is 0.0352. The van der Waals surface area contributed by atoms with Crippen LogP contribution in [0.15, 0.2) is 42.5 Å². The van der Waals surface area contributed by atoms with Gasteiger partial charge in [-0.1, -0.05) is 56.3 Å². The Bertz CT molecular complexity index is 667. The highest BCUT2D eigenvalue weighted by atomic mass is 16.2. The van der Waals surface area contributed by atoms with Gasteiger partial charge in [-0.05, 0) is 28.7 Å². The van der Waals surface area contributed by atoms with Crippen LogP contribution in [0, 0.1) is 5.92 Å². The van der Waals surface area contributed by atoms with E-state index in [-0.39, 0.29) is 11.8 Å². The smallest absolute Gasteiger partial charge is 0.237 e. The number of carbonyl (C=O) groups is 2. The molecule has 0 heterocycles. The molecular weight excluding hydrogens is 276 g/mol. The molecule has 0 aliphatic carbocycles. The number of hydrogen-bond donors (Lipinski definition) is 2. The minimum Gasteiger partial charge on any atom is -0.345 e. The monoisotopic (exact) mass is 298 g/mol. The van der Waals surface area contributed by atoms with E-state index >= 15 is 0 Å². The molecule has 4 nitrogen and oxygen atoms in total. The predicted molar refractivity (Wildman–Crippen MR) is 88.5 cm³/mol. The SMILES string of the molecule is CC(C)[C@H](N)C(=O)NC(C=O)Cc1ccc2ccccc2c1. The second-order valence-corrected chi connectivity index (χ2v) is 5.91. The summed E-state index contributed by atoms with van der Waals surface area (Å²) in [6, 6.07) is 12.9. The molecule has 0 saturated carbocycles. The van der Waals surface area contributed by atoms with E-state index < -0.39 is 12.1 Å². The number of nitrogens with one attached hydrogen (secondary N) is 1. The van der Waals surface area contributed by atoms with Gasteiger partial charge in [0.25, 0.3) is 0 Å². The highest BCUT2D eigenvalue weighted by Gasteiger charge is 2.20. The van der Waals surface area contributed by atoms with Gasteiger partial charge in [0.2, 0.25) is 5.91 Å². The third-order valence-corrected chi connectivity index (χ3v) is 3.78. The molecule has 116 valence electrons. The molecule has 0 fully saturated rings. The molecule has 1 unspecified atom stereocenters. The first-order valence-electron chi connectivity index (χ1n) is 7.50. The average Bonchev–Trinajstić information content (AvgIpc) is 2.53. The second kappa shape index (κ2) is 7.18. The number of benzene rings is 2. The van der Waals surface area contributed by atoms with Crippen molar-refractivity contribution >= 4 is 23.0 Å². The minimum atomic E-state index is -0.598. The number of nitrogens with two attached hydrogens (primary N) is 1. The van der Waals surface area contributed by atoms with Crippen molar-refractivity contribution in [1.29, 1.82) is 0 Å². The second-order valence-electron chi connectivity index (χ2n) is 5.91. The fraction of sp³-hybridized carbons (Fsp3) is 0.333. The zero-order chi connectivity index (χ0) is 16.1. The summed E-state index contributed by atoms with van der Waals surface area (Å²) in [7, 11) is 0. The molecule has 1 amide bonds. The van der Waals surface area contributed by atoms with Crippen LogP contribution in [0.4, 0.5) is 0 Å². The van der Waals surface area contributed by atoms with E-state index in [1.807, 2.05) is 56.3 Å². The Balaban J connectivity index is 2.08. The van der Waals surface area contributed by atoms with Crippen molar-refractivity contribution in [2.75, 3.05) is 0 Å². The lowest BCUT2D eigenvalue weighted by molar-refractivity contribution is -0.125. The van der Waals surface area contributed by atoms with E-state index in [0.29, 0.717) is 6.42 Å². The van der Waals surface area contributed by atoms with E-state index in [1.54, 1.807) is 0 Å². The molecule has 0 aromatic heterocycles. The highest BCUT2D eigenvalue weighted by Crippen LogP contribution is 2.16. The normalized spacial score (nSPS) is 13.8. The summed E-state index contributed by atoms with van der Waals surface area (Å²) in [6.45, 7) is 3.76. The molecular formula is C18H22N2O2. The van der Waals surface area contributed by atoms with Crippen molar-refractivity contribution in [2.24, 2.45) is 11.7 Å². The van der Waals surface area contributed by atoms with E-state index in [1.165, 1.54) is 0 Å². The number of fused-ring (bicyclic) bond motifs is 1. The Morgan fingerprint density at radius 3 is 2.50 bits per heavy atom. The first-order chi connectivity index (χ1) is 10.5. The Hall–Kier alpha value is -2.20. The fourth-order valence-electron chi connectivity index (χ4n) is 2.33. The molecule has 3 N–H and O–H groups in total. The first-order valence-corrected chi connectivity index (χ1v) is 7.50. The largest absolute Gasteiger partial charge is 0.345 e. The van der Waals surface area contributed by atoms with Crippen molar-refractivity contribution in [3.63, 3.8) is 0 Å². The van der Waals surface area contributed by atoms with Gasteiger partial charge >= 0.3 is 0 Å². The Morgan fingerprint density at radius 1 is 1.18 bits per heavy atom. The van der Waals surface area contributed by atoms with Crippen LogP contribution >= 0.6 is 0 Å². The molecule has 0 bridgehead atoms. The standard InChI is InChI=1S/C18H22N2O2/c1-12(2)17(19)18(22)20-16(11-21)10-13-7-8-14-5-3-4-6-15(14)9-13/h3-9,11-12,16-17H,10,19H2,1-2H3,(H,20,22)/t16?,17-/m0/s1. The summed E-state index contributed by atoms with van der Waals surface area (Å²) in [5, 5.41) is 4.99. The van der Waals surface area contributed by atoms with Crippen LogP contribution in [-0.4, -0.2) is 24.3 Å². The first kappa shape index (κ1) is 16.2. The van der Waals surface area contributed by atoms with Crippen LogP contribution < -0.4 is 11.1 Å². The molecule has 2 aromatic carbocycles. The maximum absolute atomic E-state index is 12.0. The molecule has 0 aliphatic heterocycles. The lowest BCUT2D eigenvalue weighted by atomic mass is 10.0. The van der Waals surface area contributed by atoms with Gasteiger partial charge in [0.05, 0.1) is 12.1 Å². The molecule has 0 spiro atoms. The zero-order valence-corrected chi connectivity index (χ0v) is 13.0. The van der Waals surface area contributed by atoms with E-state index in [2.05, 4.69) is 5.32 Å². The zero-order valence-electron chi connectivity index (χ0n) is 13.0. The molecule has 22 heavy (non-hydrogen) atoms. The van der Waals surface area contributed by atoms with Crippen LogP contribution in [-0.2, 0) is 16.0 Å². The predicted octanol–water partition coefficient (Wildman–Crippen LogP) is 2.05. The molecule has 0 saturated heterocycles. The maximum Gasteiger partial charge on any atom is 0.237 e. The quantitative estimate of drug-likeness (QED) is 0.802. The lowest BCUT2D eigenvalue weighted by Gasteiger charge is -2.19. The lowest BCUT2D eigenvalue weighted by Crippen LogP contribution is -2.49. The fourth-order valence-corrected chi connectivity index (χ4v) is 2.33. The molecule has 2 rings (SSSR count). The van der Waals surface area contributed by atoms with Crippen molar-refractivity contribution in [3.8, 4) is 0 Å². The van der Waals surface area contributed by atoms with E-state index in [9.17, 15) is 9.59 Å². The molecule has 0 radical (unpaired) electrons. The average molecular weight is 298 g/mol. The van der Waals surface area contributed by atoms with E-state index in [4.69, 9.17) is 5.73 Å². The summed E-state index contributed by atoms with van der Waals surface area (Å²) in [5.41, 5.74) is 6.81. The van der Waals surface area contributed by atoms with E-state index in [0.717, 1.165) is 22.6 Å². The Morgan fingerprint density at radius 2 is 1.86 bits per heavy atom. The third kappa shape index (κ3) is 3.92. The maximum atomic E-state index is 12.0. The summed E-state index contributed by atoms with van der Waals surface area (Å²) in [6.07, 6.45) is 1.23. The van der Waals surface area contributed by atoms with Gasteiger partial charge in [0.1, 0.15) is 6.29 Å². The number of aldehydes is 1. The van der Waals surface area contributed by atoms with Crippen LogP contribution in [0.3, 0.4) is 0 Å². The number of rotatable bonds is 6. The summed E-state index contributed by atoms with van der Waals surface area (Å²) in [4.78, 5) is 23.2. The molecule has 0 aliphatic rings. The van der Waals surface area contributed by atoms with Crippen molar-refractivity contribution in [2.45, 2.75) is 32.4 Å². The Labute approximate surface area is 130 Å². The van der Waals surface area contributed by atoms with Crippen molar-refractivity contribution < 1.29 is 9.59 Å². The van der Waals surface area contributed by atoms with Crippen LogP contribution in [0.5, 0.6) is 0 Å². The number of amides is 1. The molecule has 2 aromatic rings. The number of hydrogen-bond acceptors (Lipinski definition) is 3. The van der Waals surface area contributed by atoms with Gasteiger partial charge in [-0.3, -0.25) is 4.79 Å².